The molecule has 1 saturated heterocycles. The van der Waals surface area contributed by atoms with Crippen LogP contribution < -0.4 is 26.2 Å². The van der Waals surface area contributed by atoms with E-state index in [0.717, 1.165) is 33.8 Å². The fraction of sp³-hybridized carbons (Fsp3) is 0.490. The number of β-amino-alcohol motifs (C(OH)–C–C–N with tert-alkyl or cyclic N) is 1. The molecule has 6 rings (SSSR count). The van der Waals surface area contributed by atoms with Gasteiger partial charge < -0.3 is 35.5 Å². The van der Waals surface area contributed by atoms with Gasteiger partial charge in [-0.25, -0.2) is 4.98 Å². The van der Waals surface area contributed by atoms with Crippen LogP contribution >= 0.6 is 22.9 Å². The number of aliphatic hydroxyl groups is 1. The Morgan fingerprint density at radius 1 is 1.03 bits per heavy atom. The van der Waals surface area contributed by atoms with Crippen LogP contribution in [-0.4, -0.2) is 82.7 Å². The number of rotatable bonds is 17. The van der Waals surface area contributed by atoms with E-state index in [1.165, 1.54) is 4.90 Å². The molecule has 1 aliphatic heterocycles. The molecule has 1 aromatic heterocycles. The van der Waals surface area contributed by atoms with Gasteiger partial charge in [0.2, 0.25) is 11.8 Å². The van der Waals surface area contributed by atoms with Crippen LogP contribution in [0.2, 0.25) is 5.02 Å². The molecule has 3 aromatic carbocycles. The summed E-state index contributed by atoms with van der Waals surface area (Å²) < 4.78 is 6.36. The number of aliphatic hydroxyl groups excluding tert-OH is 1. The Balaban J connectivity index is 0.927. The van der Waals surface area contributed by atoms with Gasteiger partial charge in [0, 0.05) is 53.7 Å². The minimum Gasteiger partial charge on any atom is -0.489 e. The lowest BCUT2D eigenvalue weighted by Crippen LogP contribution is -2.74. The third kappa shape index (κ3) is 10.9. The molecule has 4 atom stereocenters. The molecule has 5 N–H and O–H groups in total. The SMILES string of the molecule is Cc1ncsc1-c1ccc([C@@H](C)NC(=O)[C@@H]2C[C@@H](O)CN2C(=O)[C@@H](NOCCCCNc2ccc(C(=O)NC3C(C)(C)C(Oc4ccc(C#N)c(Cl)c4)C3(C)C)cc2)C(C)(C)C)cc1. The molecule has 0 unspecified atom stereocenters. The lowest BCUT2D eigenvalue weighted by Gasteiger charge is -2.63. The number of nitrogens with one attached hydrogen (secondary N) is 4. The van der Waals surface area contributed by atoms with Crippen molar-refractivity contribution >= 4 is 46.3 Å². The molecule has 4 aromatic rings. The summed E-state index contributed by atoms with van der Waals surface area (Å²) in [5.74, 6) is -0.195. The van der Waals surface area contributed by atoms with Gasteiger partial charge in [-0.15, -0.1) is 11.3 Å². The molecule has 2 fully saturated rings. The van der Waals surface area contributed by atoms with Crippen LogP contribution in [0.15, 0.2) is 72.2 Å². The van der Waals surface area contributed by atoms with E-state index >= 15 is 0 Å². The third-order valence-corrected chi connectivity index (χ3v) is 13.8. The second-order valence-corrected chi connectivity index (χ2v) is 20.6. The van der Waals surface area contributed by atoms with Gasteiger partial charge in [0.15, 0.2) is 0 Å². The van der Waals surface area contributed by atoms with Crippen molar-refractivity contribution in [2.45, 2.75) is 118 Å². The highest BCUT2D eigenvalue weighted by Crippen LogP contribution is 2.55. The topological polar surface area (TPSA) is 178 Å². The number of hydroxylamine groups is 1. The van der Waals surface area contributed by atoms with Crippen molar-refractivity contribution in [3.05, 3.63) is 99.6 Å². The summed E-state index contributed by atoms with van der Waals surface area (Å²) in [5.41, 5.74) is 8.31. The molecule has 0 radical (unpaired) electrons. The quantitative estimate of drug-likeness (QED) is 0.0512. The minimum absolute atomic E-state index is 0.0604. The number of aromatic nitrogens is 1. The van der Waals surface area contributed by atoms with Gasteiger partial charge in [-0.3, -0.25) is 14.4 Å². The Labute approximate surface area is 386 Å². The summed E-state index contributed by atoms with van der Waals surface area (Å²) in [6, 6.07) is 20.5. The number of hydrogen-bond acceptors (Lipinski definition) is 11. The molecule has 342 valence electrons. The lowest BCUT2D eigenvalue weighted by molar-refractivity contribution is -0.164. The van der Waals surface area contributed by atoms with Crippen LogP contribution in [0.25, 0.3) is 10.4 Å². The largest absolute Gasteiger partial charge is 0.489 e. The number of nitriles is 1. The first kappa shape index (κ1) is 48.4. The Bertz CT molecular complexity index is 2300. The van der Waals surface area contributed by atoms with Crippen molar-refractivity contribution in [2.24, 2.45) is 16.2 Å². The smallest absolute Gasteiger partial charge is 0.251 e. The highest BCUT2D eigenvalue weighted by molar-refractivity contribution is 7.13. The first-order valence-electron chi connectivity index (χ1n) is 21.9. The number of thiazole rings is 1. The van der Waals surface area contributed by atoms with Crippen molar-refractivity contribution in [1.29, 1.82) is 5.26 Å². The summed E-state index contributed by atoms with van der Waals surface area (Å²) in [4.78, 5) is 53.8. The van der Waals surface area contributed by atoms with Gasteiger partial charge in [0.1, 0.15) is 30.0 Å². The Morgan fingerprint density at radius 2 is 1.72 bits per heavy atom. The number of hydrogen-bond donors (Lipinski definition) is 5. The molecule has 15 heteroatoms. The zero-order valence-corrected chi connectivity index (χ0v) is 39.8. The van der Waals surface area contributed by atoms with E-state index in [-0.39, 0.29) is 59.7 Å². The molecule has 0 spiro atoms. The summed E-state index contributed by atoms with van der Waals surface area (Å²) in [5, 5.41) is 29.9. The second-order valence-electron chi connectivity index (χ2n) is 19.3. The lowest BCUT2D eigenvalue weighted by atomic mass is 9.49. The predicted molar refractivity (Wildman–Crippen MR) is 251 cm³/mol. The summed E-state index contributed by atoms with van der Waals surface area (Å²) in [6.07, 6.45) is 0.628. The fourth-order valence-electron chi connectivity index (χ4n) is 9.19. The van der Waals surface area contributed by atoms with E-state index in [2.05, 4.69) is 60.2 Å². The number of carbonyl (C=O) groups is 3. The van der Waals surface area contributed by atoms with E-state index in [0.29, 0.717) is 41.5 Å². The first-order chi connectivity index (χ1) is 30.2. The zero-order chi connectivity index (χ0) is 46.6. The maximum absolute atomic E-state index is 14.0. The maximum Gasteiger partial charge on any atom is 0.251 e. The summed E-state index contributed by atoms with van der Waals surface area (Å²) >= 11 is 7.83. The monoisotopic (exact) mass is 911 g/mol. The van der Waals surface area contributed by atoms with Crippen LogP contribution in [0.1, 0.15) is 108 Å². The van der Waals surface area contributed by atoms with Crippen molar-refractivity contribution in [2.75, 3.05) is 25.0 Å². The molecule has 1 saturated carbocycles. The third-order valence-electron chi connectivity index (χ3n) is 12.5. The van der Waals surface area contributed by atoms with Gasteiger partial charge in [0.25, 0.3) is 5.91 Å². The molecule has 3 amide bonds. The summed E-state index contributed by atoms with van der Waals surface area (Å²) in [6.45, 7) is 19.1. The number of unbranched alkanes of at least 4 members (excludes halogenated alkanes) is 1. The molecule has 0 bridgehead atoms. The molecule has 2 aliphatic rings. The minimum atomic E-state index is -0.817. The van der Waals surface area contributed by atoms with Crippen molar-refractivity contribution in [1.82, 2.24) is 26.0 Å². The normalized spacial score (nSPS) is 20.9. The molecule has 64 heavy (non-hydrogen) atoms. The number of anilines is 1. The number of likely N-dealkylation sites (tertiary alicyclic amines) is 1. The van der Waals surface area contributed by atoms with Crippen LogP contribution in [0.5, 0.6) is 5.75 Å². The van der Waals surface area contributed by atoms with E-state index in [4.69, 9.17) is 21.2 Å². The summed E-state index contributed by atoms with van der Waals surface area (Å²) in [7, 11) is 0. The molecule has 1 aliphatic carbocycles. The Hall–Kier alpha value is -5.04. The van der Waals surface area contributed by atoms with Gasteiger partial charge in [-0.1, -0.05) is 84.3 Å². The number of ether oxygens (including phenoxy) is 1. The van der Waals surface area contributed by atoms with E-state index in [9.17, 15) is 24.8 Å². The van der Waals surface area contributed by atoms with Gasteiger partial charge in [-0.05, 0) is 79.6 Å². The van der Waals surface area contributed by atoms with E-state index in [1.807, 2.05) is 76.5 Å². The second kappa shape index (κ2) is 20.0. The van der Waals surface area contributed by atoms with Crippen molar-refractivity contribution in [3.63, 3.8) is 0 Å². The van der Waals surface area contributed by atoms with E-state index < -0.39 is 23.6 Å². The number of benzene rings is 3. The molecule has 13 nitrogen and oxygen atoms in total. The number of aryl methyl sites for hydroxylation is 1. The average Bonchev–Trinajstić information content (AvgIpc) is 3.87. The van der Waals surface area contributed by atoms with Crippen LogP contribution in [0.3, 0.4) is 0 Å². The molecular weight excluding hydrogens is 850 g/mol. The number of nitrogens with zero attached hydrogens (tertiary/aromatic N) is 3. The van der Waals surface area contributed by atoms with Crippen LogP contribution in [0.4, 0.5) is 5.69 Å². The number of amides is 3. The van der Waals surface area contributed by atoms with Gasteiger partial charge in [0.05, 0.1) is 45.4 Å². The van der Waals surface area contributed by atoms with Crippen LogP contribution in [0, 0.1) is 34.5 Å². The number of carbonyl (C=O) groups excluding carboxylic acids is 3. The Kier molecular flexibility index (Phi) is 15.1. The van der Waals surface area contributed by atoms with Gasteiger partial charge in [-0.2, -0.15) is 10.7 Å². The van der Waals surface area contributed by atoms with Gasteiger partial charge >= 0.3 is 0 Å². The highest BCUT2D eigenvalue weighted by atomic mass is 35.5. The van der Waals surface area contributed by atoms with Crippen molar-refractivity contribution < 1.29 is 29.1 Å². The molecule has 2 heterocycles. The van der Waals surface area contributed by atoms with E-state index in [1.54, 1.807) is 41.7 Å². The fourth-order valence-corrected chi connectivity index (χ4v) is 10.2. The van der Waals surface area contributed by atoms with Crippen molar-refractivity contribution in [3.8, 4) is 22.3 Å². The number of halogens is 1. The highest BCUT2D eigenvalue weighted by Gasteiger charge is 2.64. The molecular formula is C49H62ClN7O6S. The zero-order valence-electron chi connectivity index (χ0n) is 38.3. The standard InChI is InChI=1S/C49H62ClN7O6S/c1-29(31-12-14-32(15-13-31)40-30(2)53-28-64-40)54-43(60)39-24-36(58)27-57(39)44(61)41(47(3,4)5)56-62-23-11-10-22-52-35-19-16-33(17-20-35)42(59)55-45-48(6,7)46(49(45,8)9)63-37-21-18-34(26-51)38(50)25-37/h12-21,25,28-29,36,39,41,45-46,52,56,58H,10-11,22-24,27H2,1-9H3,(H,54,60)(H,55,59)/t29-,36-,39+,41-,45?,46?/m1/s1. The predicted octanol–water partition coefficient (Wildman–Crippen LogP) is 8.22. The van der Waals surface area contributed by atoms with Crippen LogP contribution in [-0.2, 0) is 14.4 Å². The first-order valence-corrected chi connectivity index (χ1v) is 23.2. The maximum atomic E-state index is 14.0. The Morgan fingerprint density at radius 3 is 2.33 bits per heavy atom. The average molecular weight is 913 g/mol.